The van der Waals surface area contributed by atoms with Gasteiger partial charge in [0, 0.05) is 36.1 Å². The fraction of sp³-hybridized carbons (Fsp3) is 0.440. The Balaban J connectivity index is 1.86. The molecule has 1 aromatic carbocycles. The van der Waals surface area contributed by atoms with E-state index in [0.29, 0.717) is 23.8 Å². The molecule has 1 aromatic heterocycles. The molecule has 218 valence electrons. The van der Waals surface area contributed by atoms with Gasteiger partial charge in [0.25, 0.3) is 5.91 Å². The molecule has 2 N–H and O–H groups in total. The first kappa shape index (κ1) is 29.5. The molecule has 0 spiro atoms. The molecular weight excluding hydrogens is 564 g/mol. The highest BCUT2D eigenvalue weighted by Crippen LogP contribution is 3.02. The monoisotopic (exact) mass is 591 g/mol. The van der Waals surface area contributed by atoms with Crippen molar-refractivity contribution in [2.75, 3.05) is 11.4 Å². The second-order valence-corrected chi connectivity index (χ2v) is 12.4. The van der Waals surface area contributed by atoms with Gasteiger partial charge in [-0.2, -0.15) is 5.26 Å². The van der Waals surface area contributed by atoms with E-state index in [4.69, 9.17) is 0 Å². The minimum absolute atomic E-state index is 0.100. The number of β-amino-alcohol motifs (C(OH)–C–C–N with tert-alkyl or cyclic N) is 1. The molecule has 2 heterocycles. The average molecular weight is 592 g/mol. The molecule has 2 amide bonds. The van der Waals surface area contributed by atoms with Crippen LogP contribution >= 0.6 is 10.2 Å². The van der Waals surface area contributed by atoms with Gasteiger partial charge in [0.15, 0.2) is 6.19 Å². The number of nitriles is 1. The Morgan fingerprint density at radius 2 is 1.85 bits per heavy atom. The van der Waals surface area contributed by atoms with Crippen molar-refractivity contribution in [3.05, 3.63) is 54.1 Å². The summed E-state index contributed by atoms with van der Waals surface area (Å²) in [6.07, 6.45) is 6.90. The van der Waals surface area contributed by atoms with E-state index in [1.807, 2.05) is 0 Å². The number of aliphatic hydroxyl groups is 1. The van der Waals surface area contributed by atoms with Gasteiger partial charge in [0.05, 0.1) is 12.6 Å². The minimum Gasteiger partial charge on any atom is -0.391 e. The largest absolute Gasteiger partial charge is 0.391 e. The lowest BCUT2D eigenvalue weighted by molar-refractivity contribution is -0.128. The number of rotatable bonds is 7. The van der Waals surface area contributed by atoms with Gasteiger partial charge in [-0.1, -0.05) is 44.8 Å². The van der Waals surface area contributed by atoms with Crippen molar-refractivity contribution >= 4 is 27.7 Å². The number of anilines is 1. The number of hydrogen-bond acceptors (Lipinski definition) is 6. The van der Waals surface area contributed by atoms with Crippen LogP contribution in [0.1, 0.15) is 50.1 Å². The molecule has 2 aromatic rings. The Hall–Kier alpha value is -3.51. The Morgan fingerprint density at radius 3 is 2.42 bits per heavy atom. The summed E-state index contributed by atoms with van der Waals surface area (Å²) in [6, 6.07) is 0.0383. The van der Waals surface area contributed by atoms with Crippen molar-refractivity contribution in [2.45, 2.75) is 67.6 Å². The third kappa shape index (κ3) is 6.44. The lowest BCUT2D eigenvalue weighted by Crippen LogP contribution is -2.51. The van der Waals surface area contributed by atoms with E-state index < -0.39 is 56.6 Å². The molecule has 1 saturated heterocycles. The highest BCUT2D eigenvalue weighted by atomic mass is 32.5. The normalized spacial score (nSPS) is 22.5. The molecule has 1 aliphatic carbocycles. The van der Waals surface area contributed by atoms with Gasteiger partial charge >= 0.3 is 10.2 Å². The van der Waals surface area contributed by atoms with Crippen LogP contribution in [0.15, 0.2) is 47.6 Å². The number of nitrogens with zero attached hydrogens (tertiary/aromatic N) is 4. The van der Waals surface area contributed by atoms with Crippen LogP contribution in [0.2, 0.25) is 0 Å². The number of aromatic nitrogens is 1. The minimum atomic E-state index is -10.4. The highest BCUT2D eigenvalue weighted by Gasteiger charge is 2.67. The van der Waals surface area contributed by atoms with E-state index in [1.165, 1.54) is 24.5 Å². The Kier molecular flexibility index (Phi) is 7.48. The standard InChI is InChI=1S/C25H27F6N5O3S/c26-20-11-18(8-9-22(20)40(27,28,29,30)31)36(25(39)21-12-19(37)14-35(21)15-32)23(16-5-4-10-33-13-16)24(38)34-17-6-2-1-3-7-17/h4-5,8-11,13,17,19,21,23,37H,1-3,6-7,12,14H2,(H,34,38). The number of likely N-dealkylation sites (tertiary alicyclic amines) is 1. The SMILES string of the molecule is N#CN1CC(O)CC1C(=O)N(c1ccc(S(F)(F)(F)(F)F)c(F)c1)C(C(=O)NC1CCCCC1)c1cccnc1. The number of carbonyl (C=O) groups is 2. The third-order valence-electron chi connectivity index (χ3n) is 7.00. The quantitative estimate of drug-likeness (QED) is 0.333. The number of pyridine rings is 1. The number of aliphatic hydroxyl groups excluding tert-OH is 1. The molecule has 2 aliphatic rings. The second kappa shape index (κ2) is 10.2. The number of amides is 2. The zero-order valence-electron chi connectivity index (χ0n) is 21.0. The molecule has 4 rings (SSSR count). The summed E-state index contributed by atoms with van der Waals surface area (Å²) in [5, 5.41) is 22.4. The molecule has 1 saturated carbocycles. The predicted octanol–water partition coefficient (Wildman–Crippen LogP) is 5.32. The summed E-state index contributed by atoms with van der Waals surface area (Å²) < 4.78 is 81.9. The first-order valence-electron chi connectivity index (χ1n) is 12.5. The second-order valence-electron chi connectivity index (χ2n) is 9.98. The maximum atomic E-state index is 14.8. The van der Waals surface area contributed by atoms with Crippen LogP contribution in [0.4, 0.5) is 29.5 Å². The summed E-state index contributed by atoms with van der Waals surface area (Å²) in [5.74, 6) is -4.12. The Morgan fingerprint density at radius 1 is 1.15 bits per heavy atom. The molecular formula is C25H27F6N5O3S. The van der Waals surface area contributed by atoms with Gasteiger partial charge < -0.3 is 10.4 Å². The average Bonchev–Trinajstić information content (AvgIpc) is 3.27. The molecule has 8 nitrogen and oxygen atoms in total. The van der Waals surface area contributed by atoms with Gasteiger partial charge in [-0.3, -0.25) is 24.4 Å². The van der Waals surface area contributed by atoms with Crippen molar-refractivity contribution in [3.8, 4) is 6.19 Å². The van der Waals surface area contributed by atoms with Crippen molar-refractivity contribution in [1.82, 2.24) is 15.2 Å². The van der Waals surface area contributed by atoms with Gasteiger partial charge in [-0.25, -0.2) is 4.39 Å². The highest BCUT2D eigenvalue weighted by molar-refractivity contribution is 8.45. The van der Waals surface area contributed by atoms with Crippen LogP contribution in [0, 0.1) is 17.3 Å². The number of nitrogens with one attached hydrogen (secondary N) is 1. The maximum absolute atomic E-state index is 14.8. The number of benzene rings is 1. The fourth-order valence-electron chi connectivity index (χ4n) is 5.16. The molecule has 1 aliphatic heterocycles. The lowest BCUT2D eigenvalue weighted by atomic mass is 9.94. The van der Waals surface area contributed by atoms with E-state index in [9.17, 15) is 43.8 Å². The van der Waals surface area contributed by atoms with E-state index in [-0.39, 0.29) is 36.7 Å². The van der Waals surface area contributed by atoms with Crippen LogP contribution < -0.4 is 10.2 Å². The summed E-state index contributed by atoms with van der Waals surface area (Å²) in [5.41, 5.74) is -0.525. The molecule has 3 unspecified atom stereocenters. The molecule has 15 heteroatoms. The van der Waals surface area contributed by atoms with Crippen molar-refractivity contribution in [3.63, 3.8) is 0 Å². The third-order valence-corrected chi connectivity index (χ3v) is 8.16. The van der Waals surface area contributed by atoms with Gasteiger partial charge in [0.2, 0.25) is 5.91 Å². The zero-order valence-corrected chi connectivity index (χ0v) is 21.8. The molecule has 40 heavy (non-hydrogen) atoms. The number of carbonyl (C=O) groups excluding carboxylic acids is 2. The van der Waals surface area contributed by atoms with Crippen molar-refractivity contribution in [2.24, 2.45) is 0 Å². The van der Waals surface area contributed by atoms with E-state index in [1.54, 1.807) is 6.19 Å². The zero-order chi connectivity index (χ0) is 29.4. The maximum Gasteiger partial charge on any atom is 0.313 e. The predicted molar refractivity (Wildman–Crippen MR) is 134 cm³/mol. The van der Waals surface area contributed by atoms with Gasteiger partial charge in [-0.05, 0) is 37.1 Å². The molecule has 0 radical (unpaired) electrons. The summed E-state index contributed by atoms with van der Waals surface area (Å²) >= 11 is 0. The summed E-state index contributed by atoms with van der Waals surface area (Å²) in [7, 11) is -10.4. The molecule has 3 atom stereocenters. The molecule has 0 bridgehead atoms. The van der Waals surface area contributed by atoms with Crippen LogP contribution in [0.3, 0.4) is 0 Å². The summed E-state index contributed by atoms with van der Waals surface area (Å²) in [6.45, 7) is -0.232. The van der Waals surface area contributed by atoms with Gasteiger partial charge in [0.1, 0.15) is 22.8 Å². The summed E-state index contributed by atoms with van der Waals surface area (Å²) in [4.78, 5) is 30.5. The van der Waals surface area contributed by atoms with Crippen LogP contribution in [-0.2, 0) is 9.59 Å². The first-order valence-corrected chi connectivity index (χ1v) is 14.5. The number of hydrogen-bond donors (Lipinski definition) is 2. The van der Waals surface area contributed by atoms with Crippen LogP contribution in [0.5, 0.6) is 0 Å². The topological polar surface area (TPSA) is 110 Å². The van der Waals surface area contributed by atoms with Crippen LogP contribution in [-0.4, -0.2) is 51.5 Å². The molecule has 2 fully saturated rings. The lowest BCUT2D eigenvalue weighted by Gasteiger charge is -2.41. The smallest absolute Gasteiger partial charge is 0.313 e. The van der Waals surface area contributed by atoms with E-state index >= 15 is 0 Å². The van der Waals surface area contributed by atoms with Crippen LogP contribution in [0.25, 0.3) is 0 Å². The fourth-order valence-corrected chi connectivity index (χ4v) is 5.91. The Labute approximate surface area is 226 Å². The van der Waals surface area contributed by atoms with Crippen molar-refractivity contribution < 1.29 is 38.5 Å². The van der Waals surface area contributed by atoms with Gasteiger partial charge in [-0.15, -0.1) is 0 Å². The number of halogens is 6. The van der Waals surface area contributed by atoms with Crippen molar-refractivity contribution in [1.29, 1.82) is 5.26 Å². The van der Waals surface area contributed by atoms with E-state index in [0.717, 1.165) is 24.2 Å². The first-order chi connectivity index (χ1) is 18.6. The van der Waals surface area contributed by atoms with E-state index in [2.05, 4.69) is 10.3 Å². The Bertz CT molecular complexity index is 1320.